The van der Waals surface area contributed by atoms with Gasteiger partial charge in [-0.1, -0.05) is 35.3 Å². The van der Waals surface area contributed by atoms with Gasteiger partial charge in [-0.25, -0.2) is 8.42 Å². The first-order valence-corrected chi connectivity index (χ1v) is 12.1. The largest absolute Gasteiger partial charge is 0.497 e. The van der Waals surface area contributed by atoms with Crippen LogP contribution in [0.2, 0.25) is 10.0 Å². The van der Waals surface area contributed by atoms with Crippen LogP contribution in [0.25, 0.3) is 0 Å². The number of nitrogens with zero attached hydrogens (tertiary/aromatic N) is 2. The standard InChI is InChI=1S/C21H25Cl2N3O5S/c1-14(21(28)24-2)25(12-15-6-5-7-17(10-15)31-3)20(27)13-26(32(4,29)30)16-8-9-18(22)19(23)11-16/h5-11,14H,12-13H2,1-4H3,(H,24,28). The van der Waals surface area contributed by atoms with Gasteiger partial charge in [-0.2, -0.15) is 0 Å². The number of hydrogen-bond acceptors (Lipinski definition) is 5. The van der Waals surface area contributed by atoms with Gasteiger partial charge in [0.05, 0.1) is 29.1 Å². The second kappa shape index (κ2) is 10.9. The first-order chi connectivity index (χ1) is 15.0. The molecule has 1 unspecified atom stereocenters. The van der Waals surface area contributed by atoms with Gasteiger partial charge in [0.1, 0.15) is 18.3 Å². The van der Waals surface area contributed by atoms with E-state index in [1.165, 1.54) is 37.3 Å². The molecular formula is C21H25Cl2N3O5S. The Morgan fingerprint density at radius 1 is 1.12 bits per heavy atom. The number of carbonyl (C=O) groups excluding carboxylic acids is 2. The number of ether oxygens (including phenoxy) is 1. The summed E-state index contributed by atoms with van der Waals surface area (Å²) in [5.41, 5.74) is 0.901. The maximum Gasteiger partial charge on any atom is 0.244 e. The van der Waals surface area contributed by atoms with E-state index in [1.54, 1.807) is 31.2 Å². The molecule has 0 saturated carbocycles. The molecule has 32 heavy (non-hydrogen) atoms. The van der Waals surface area contributed by atoms with Crippen LogP contribution in [0.3, 0.4) is 0 Å². The van der Waals surface area contributed by atoms with Crippen molar-refractivity contribution in [1.29, 1.82) is 0 Å². The average molecular weight is 502 g/mol. The molecule has 0 aliphatic carbocycles. The summed E-state index contributed by atoms with van der Waals surface area (Å²) in [5, 5.41) is 2.92. The Hall–Kier alpha value is -2.49. The quantitative estimate of drug-likeness (QED) is 0.569. The third kappa shape index (κ3) is 6.51. The summed E-state index contributed by atoms with van der Waals surface area (Å²) in [6.45, 7) is 1.12. The molecule has 0 aromatic heterocycles. The van der Waals surface area contributed by atoms with Gasteiger partial charge >= 0.3 is 0 Å². The van der Waals surface area contributed by atoms with E-state index in [4.69, 9.17) is 27.9 Å². The van der Waals surface area contributed by atoms with Crippen LogP contribution in [0.5, 0.6) is 5.75 Å². The number of sulfonamides is 1. The van der Waals surface area contributed by atoms with E-state index in [-0.39, 0.29) is 28.2 Å². The number of halogens is 2. The highest BCUT2D eigenvalue weighted by Gasteiger charge is 2.30. The summed E-state index contributed by atoms with van der Waals surface area (Å²) >= 11 is 12.0. The van der Waals surface area contributed by atoms with Crippen molar-refractivity contribution in [3.05, 3.63) is 58.1 Å². The zero-order valence-electron chi connectivity index (χ0n) is 18.1. The molecule has 0 aliphatic heterocycles. The van der Waals surface area contributed by atoms with E-state index in [0.717, 1.165) is 10.6 Å². The molecule has 1 atom stereocenters. The van der Waals surface area contributed by atoms with Crippen LogP contribution in [-0.2, 0) is 26.2 Å². The van der Waals surface area contributed by atoms with Gasteiger partial charge in [-0.3, -0.25) is 13.9 Å². The van der Waals surface area contributed by atoms with E-state index in [0.29, 0.717) is 11.3 Å². The molecule has 1 N–H and O–H groups in total. The summed E-state index contributed by atoms with van der Waals surface area (Å²) in [6.07, 6.45) is 0.984. The first kappa shape index (κ1) is 25.8. The zero-order chi connectivity index (χ0) is 24.1. The summed E-state index contributed by atoms with van der Waals surface area (Å²) in [5.74, 6) is -0.363. The van der Waals surface area contributed by atoms with Crippen LogP contribution >= 0.6 is 23.2 Å². The molecule has 0 aliphatic rings. The van der Waals surface area contributed by atoms with Crippen molar-refractivity contribution in [1.82, 2.24) is 10.2 Å². The van der Waals surface area contributed by atoms with Crippen molar-refractivity contribution in [2.75, 3.05) is 31.3 Å². The molecule has 0 radical (unpaired) electrons. The predicted molar refractivity (Wildman–Crippen MR) is 126 cm³/mol. The Balaban J connectivity index is 2.41. The average Bonchev–Trinajstić information content (AvgIpc) is 2.75. The Labute approximate surface area is 198 Å². The number of methoxy groups -OCH3 is 1. The SMILES string of the molecule is CNC(=O)C(C)N(Cc1cccc(OC)c1)C(=O)CN(c1ccc(Cl)c(Cl)c1)S(C)(=O)=O. The highest BCUT2D eigenvalue weighted by atomic mass is 35.5. The molecular weight excluding hydrogens is 477 g/mol. The molecule has 11 heteroatoms. The van der Waals surface area contributed by atoms with Crippen molar-refractivity contribution in [2.45, 2.75) is 19.5 Å². The van der Waals surface area contributed by atoms with Gasteiger partial charge in [0, 0.05) is 13.6 Å². The number of nitrogens with one attached hydrogen (secondary N) is 1. The van der Waals surface area contributed by atoms with Gasteiger partial charge in [0.15, 0.2) is 0 Å². The molecule has 174 valence electrons. The number of anilines is 1. The van der Waals surface area contributed by atoms with Gasteiger partial charge in [-0.05, 0) is 42.8 Å². The number of carbonyl (C=O) groups is 2. The molecule has 0 saturated heterocycles. The molecule has 2 aromatic rings. The lowest BCUT2D eigenvalue weighted by atomic mass is 10.1. The maximum atomic E-state index is 13.3. The fourth-order valence-corrected chi connectivity index (χ4v) is 4.15. The molecule has 8 nitrogen and oxygen atoms in total. The van der Waals surface area contributed by atoms with Gasteiger partial charge < -0.3 is 15.0 Å². The summed E-state index contributed by atoms with van der Waals surface area (Å²) < 4.78 is 31.1. The van der Waals surface area contributed by atoms with E-state index < -0.39 is 28.5 Å². The monoisotopic (exact) mass is 501 g/mol. The van der Waals surface area contributed by atoms with Crippen LogP contribution in [-0.4, -0.2) is 58.1 Å². The van der Waals surface area contributed by atoms with Crippen LogP contribution in [0, 0.1) is 0 Å². The maximum absolute atomic E-state index is 13.3. The minimum atomic E-state index is -3.85. The zero-order valence-corrected chi connectivity index (χ0v) is 20.5. The van der Waals surface area contributed by atoms with Crippen molar-refractivity contribution in [2.24, 2.45) is 0 Å². The summed E-state index contributed by atoms with van der Waals surface area (Å²) in [6, 6.07) is 10.5. The Kier molecular flexibility index (Phi) is 8.77. The Bertz CT molecular complexity index is 1090. The minimum absolute atomic E-state index is 0.0730. The van der Waals surface area contributed by atoms with Gasteiger partial charge in [0.2, 0.25) is 21.8 Å². The number of hydrogen-bond donors (Lipinski definition) is 1. The molecule has 2 aromatic carbocycles. The van der Waals surface area contributed by atoms with Crippen molar-refractivity contribution >= 4 is 50.7 Å². The van der Waals surface area contributed by atoms with Gasteiger partial charge in [0.25, 0.3) is 0 Å². The van der Waals surface area contributed by atoms with E-state index in [1.807, 2.05) is 0 Å². The third-order valence-electron chi connectivity index (χ3n) is 4.77. The molecule has 0 spiro atoms. The summed E-state index contributed by atoms with van der Waals surface area (Å²) in [4.78, 5) is 26.9. The van der Waals surface area contributed by atoms with Crippen LogP contribution in [0.4, 0.5) is 5.69 Å². The van der Waals surface area contributed by atoms with E-state index in [9.17, 15) is 18.0 Å². The smallest absolute Gasteiger partial charge is 0.244 e. The second-order valence-corrected chi connectivity index (χ2v) is 9.75. The number of benzene rings is 2. The van der Waals surface area contributed by atoms with Crippen molar-refractivity contribution in [3.63, 3.8) is 0 Å². The molecule has 0 bridgehead atoms. The Morgan fingerprint density at radius 2 is 1.81 bits per heavy atom. The van der Waals surface area contributed by atoms with Crippen LogP contribution in [0.1, 0.15) is 12.5 Å². The highest BCUT2D eigenvalue weighted by Crippen LogP contribution is 2.28. The third-order valence-corrected chi connectivity index (χ3v) is 6.65. The highest BCUT2D eigenvalue weighted by molar-refractivity contribution is 7.92. The predicted octanol–water partition coefficient (Wildman–Crippen LogP) is 2.93. The lowest BCUT2D eigenvalue weighted by Crippen LogP contribution is -2.50. The first-order valence-electron chi connectivity index (χ1n) is 9.54. The van der Waals surface area contributed by atoms with E-state index in [2.05, 4.69) is 5.32 Å². The van der Waals surface area contributed by atoms with Crippen LogP contribution < -0.4 is 14.4 Å². The second-order valence-electron chi connectivity index (χ2n) is 7.03. The van der Waals surface area contributed by atoms with Crippen LogP contribution in [0.15, 0.2) is 42.5 Å². The molecule has 0 heterocycles. The fraction of sp³-hybridized carbons (Fsp3) is 0.333. The molecule has 2 rings (SSSR count). The lowest BCUT2D eigenvalue weighted by Gasteiger charge is -2.31. The van der Waals surface area contributed by atoms with Gasteiger partial charge in [-0.15, -0.1) is 0 Å². The summed E-state index contributed by atoms with van der Waals surface area (Å²) in [7, 11) is -0.860. The van der Waals surface area contributed by atoms with Crippen molar-refractivity contribution in [3.8, 4) is 5.75 Å². The molecule has 0 fully saturated rings. The topological polar surface area (TPSA) is 96.0 Å². The Morgan fingerprint density at radius 3 is 2.38 bits per heavy atom. The number of rotatable bonds is 9. The minimum Gasteiger partial charge on any atom is -0.497 e. The fourth-order valence-electron chi connectivity index (χ4n) is 3.01. The number of likely N-dealkylation sites (N-methyl/N-ethyl adjacent to an activating group) is 1. The van der Waals surface area contributed by atoms with E-state index >= 15 is 0 Å². The van der Waals surface area contributed by atoms with Crippen molar-refractivity contribution < 1.29 is 22.7 Å². The number of amides is 2. The molecule has 2 amide bonds. The normalized spacial score (nSPS) is 12.1. The lowest BCUT2D eigenvalue weighted by molar-refractivity contribution is -0.139.